The Labute approximate surface area is 169 Å². The van der Waals surface area contributed by atoms with Gasteiger partial charge in [0.25, 0.3) is 0 Å². The number of halogens is 4. The van der Waals surface area contributed by atoms with Gasteiger partial charge in [0.15, 0.2) is 11.6 Å². The van der Waals surface area contributed by atoms with E-state index in [0.29, 0.717) is 4.90 Å². The first-order valence-electron chi connectivity index (χ1n) is 7.62. The summed E-state index contributed by atoms with van der Waals surface area (Å²) in [6.07, 6.45) is 0.851. The summed E-state index contributed by atoms with van der Waals surface area (Å²) in [6.45, 7) is -0.485. The molecule has 0 saturated carbocycles. The third-order valence-corrected chi connectivity index (χ3v) is 4.71. The van der Waals surface area contributed by atoms with E-state index in [2.05, 4.69) is 35.8 Å². The number of nitroso groups, excluding NO2 is 1. The number of aromatic nitrogens is 2. The summed E-state index contributed by atoms with van der Waals surface area (Å²) in [7, 11) is 0. The summed E-state index contributed by atoms with van der Waals surface area (Å²) < 4.78 is 49.7. The Kier molecular flexibility index (Phi) is 6.47. The Morgan fingerprint density at radius 1 is 1.14 bits per heavy atom. The lowest BCUT2D eigenvalue weighted by atomic mass is 10.2. The van der Waals surface area contributed by atoms with Gasteiger partial charge in [-0.25, -0.2) is 18.2 Å². The average molecular weight is 471 g/mol. The molecule has 0 aliphatic carbocycles. The third kappa shape index (κ3) is 4.78. The van der Waals surface area contributed by atoms with Crippen LogP contribution >= 0.6 is 27.9 Å². The first-order valence-corrected chi connectivity index (χ1v) is 9.23. The van der Waals surface area contributed by atoms with Crippen molar-refractivity contribution < 1.29 is 17.9 Å². The smallest absolute Gasteiger partial charge is 0.318 e. The molecule has 0 fully saturated rings. The molecule has 3 aromatic rings. The zero-order valence-corrected chi connectivity index (χ0v) is 16.2. The standard InChI is InChI=1S/C17H10BrF3N4O2S/c18-9-5-11(19)10(12(20)6-9)8-27-17-22-7-13(21)16(23-17)25-28-15-4-2-1-3-14(15)24-26/h1-7H,8H2,(H,22,23,25). The number of ether oxygens (including phenoxy) is 1. The van der Waals surface area contributed by atoms with Crippen molar-refractivity contribution in [2.24, 2.45) is 5.18 Å². The Morgan fingerprint density at radius 2 is 1.86 bits per heavy atom. The van der Waals surface area contributed by atoms with Gasteiger partial charge < -0.3 is 9.46 Å². The first kappa shape index (κ1) is 20.1. The normalized spacial score (nSPS) is 10.6. The molecule has 1 aromatic heterocycles. The summed E-state index contributed by atoms with van der Waals surface area (Å²) in [4.78, 5) is 18.7. The van der Waals surface area contributed by atoms with Gasteiger partial charge >= 0.3 is 6.01 Å². The molecule has 11 heteroatoms. The lowest BCUT2D eigenvalue weighted by Crippen LogP contribution is -2.06. The molecule has 144 valence electrons. The minimum absolute atomic E-state index is 0.173. The van der Waals surface area contributed by atoms with Gasteiger partial charge in [0, 0.05) is 4.47 Å². The molecule has 0 atom stereocenters. The van der Waals surface area contributed by atoms with E-state index < -0.39 is 24.1 Å². The van der Waals surface area contributed by atoms with Crippen molar-refractivity contribution in [3.05, 3.63) is 75.0 Å². The minimum Gasteiger partial charge on any atom is -0.458 e. The summed E-state index contributed by atoms with van der Waals surface area (Å²) in [5.74, 6) is -2.62. The minimum atomic E-state index is -0.805. The van der Waals surface area contributed by atoms with Gasteiger partial charge in [-0.15, -0.1) is 4.91 Å². The number of nitrogens with zero attached hydrogens (tertiary/aromatic N) is 3. The highest BCUT2D eigenvalue weighted by Crippen LogP contribution is 2.30. The molecule has 3 rings (SSSR count). The highest BCUT2D eigenvalue weighted by molar-refractivity contribution is 9.10. The molecule has 0 amide bonds. The molecule has 0 aliphatic heterocycles. The fraction of sp³-hybridized carbons (Fsp3) is 0.0588. The van der Waals surface area contributed by atoms with Crippen molar-refractivity contribution in [2.45, 2.75) is 11.5 Å². The second-order valence-electron chi connectivity index (χ2n) is 5.25. The van der Waals surface area contributed by atoms with Gasteiger partial charge in [-0.1, -0.05) is 28.1 Å². The maximum absolute atomic E-state index is 13.9. The molecule has 28 heavy (non-hydrogen) atoms. The number of hydrogen-bond acceptors (Lipinski definition) is 7. The Morgan fingerprint density at radius 3 is 2.57 bits per heavy atom. The maximum atomic E-state index is 13.9. The van der Waals surface area contributed by atoms with Crippen molar-refractivity contribution in [3.8, 4) is 6.01 Å². The van der Waals surface area contributed by atoms with Crippen LogP contribution in [0.2, 0.25) is 0 Å². The number of rotatable bonds is 7. The lowest BCUT2D eigenvalue weighted by molar-refractivity contribution is 0.268. The van der Waals surface area contributed by atoms with Crippen LogP contribution in [0, 0.1) is 22.4 Å². The Hall–Kier alpha value is -2.66. The van der Waals surface area contributed by atoms with Gasteiger partial charge in [0.2, 0.25) is 0 Å². The van der Waals surface area contributed by atoms with Crippen LogP contribution in [-0.4, -0.2) is 9.97 Å². The van der Waals surface area contributed by atoms with Gasteiger partial charge in [-0.05, 0) is 41.4 Å². The summed E-state index contributed by atoms with van der Waals surface area (Å²) in [5.41, 5.74) is -0.141. The summed E-state index contributed by atoms with van der Waals surface area (Å²) in [5, 5.41) is 2.87. The molecule has 2 aromatic carbocycles. The van der Waals surface area contributed by atoms with E-state index in [4.69, 9.17) is 4.74 Å². The van der Waals surface area contributed by atoms with Crippen LogP contribution in [0.5, 0.6) is 6.01 Å². The summed E-state index contributed by atoms with van der Waals surface area (Å²) in [6, 6.07) is 8.34. The fourth-order valence-corrected chi connectivity index (χ4v) is 3.17. The fourth-order valence-electron chi connectivity index (χ4n) is 2.06. The molecular formula is C17H10BrF3N4O2S. The molecule has 0 bridgehead atoms. The SMILES string of the molecule is O=Nc1ccccc1SNc1nc(OCc2c(F)cc(Br)cc2F)ncc1F. The van der Waals surface area contributed by atoms with Gasteiger partial charge in [0.05, 0.1) is 16.7 Å². The van der Waals surface area contributed by atoms with Crippen molar-refractivity contribution in [3.63, 3.8) is 0 Å². The van der Waals surface area contributed by atoms with E-state index in [0.717, 1.165) is 30.3 Å². The zero-order chi connectivity index (χ0) is 20.1. The predicted molar refractivity (Wildman–Crippen MR) is 102 cm³/mol. The largest absolute Gasteiger partial charge is 0.458 e. The van der Waals surface area contributed by atoms with Gasteiger partial charge in [0.1, 0.15) is 23.9 Å². The van der Waals surface area contributed by atoms with Crippen LogP contribution in [0.4, 0.5) is 24.7 Å². The van der Waals surface area contributed by atoms with E-state index >= 15 is 0 Å². The number of anilines is 1. The first-order chi connectivity index (χ1) is 13.5. The molecule has 0 saturated heterocycles. The van der Waals surface area contributed by atoms with Crippen molar-refractivity contribution >= 4 is 39.4 Å². The molecule has 0 aliphatic rings. The van der Waals surface area contributed by atoms with Crippen LogP contribution in [-0.2, 0) is 6.61 Å². The lowest BCUT2D eigenvalue weighted by Gasteiger charge is -2.10. The molecule has 1 heterocycles. The maximum Gasteiger partial charge on any atom is 0.318 e. The molecule has 1 N–H and O–H groups in total. The Bertz CT molecular complexity index is 1000. The topological polar surface area (TPSA) is 76.5 Å². The van der Waals surface area contributed by atoms with Crippen molar-refractivity contribution in [1.82, 2.24) is 9.97 Å². The van der Waals surface area contributed by atoms with Crippen LogP contribution in [0.1, 0.15) is 5.56 Å². The molecular weight excluding hydrogens is 461 g/mol. The summed E-state index contributed by atoms with van der Waals surface area (Å²) >= 11 is 3.90. The Balaban J connectivity index is 1.72. The number of benzene rings is 2. The average Bonchev–Trinajstić information content (AvgIpc) is 2.67. The molecule has 0 spiro atoms. The third-order valence-electron chi connectivity index (χ3n) is 3.39. The quantitative estimate of drug-likeness (QED) is 0.349. The molecule has 0 unspecified atom stereocenters. The highest BCUT2D eigenvalue weighted by Gasteiger charge is 2.14. The second kappa shape index (κ2) is 9.02. The zero-order valence-electron chi connectivity index (χ0n) is 13.8. The van der Waals surface area contributed by atoms with E-state index in [9.17, 15) is 18.1 Å². The van der Waals surface area contributed by atoms with Crippen LogP contribution in [0.3, 0.4) is 0 Å². The van der Waals surface area contributed by atoms with Crippen molar-refractivity contribution in [2.75, 3.05) is 4.72 Å². The van der Waals surface area contributed by atoms with Crippen LogP contribution in [0.15, 0.2) is 57.1 Å². The van der Waals surface area contributed by atoms with Gasteiger partial charge in [-0.3, -0.25) is 0 Å². The monoisotopic (exact) mass is 470 g/mol. The van der Waals surface area contributed by atoms with E-state index in [-0.39, 0.29) is 27.6 Å². The van der Waals surface area contributed by atoms with E-state index in [1.54, 1.807) is 18.2 Å². The predicted octanol–water partition coefficient (Wildman–Crippen LogP) is 5.75. The van der Waals surface area contributed by atoms with Crippen molar-refractivity contribution in [1.29, 1.82) is 0 Å². The van der Waals surface area contributed by atoms with Crippen LogP contribution in [0.25, 0.3) is 0 Å². The highest BCUT2D eigenvalue weighted by atomic mass is 79.9. The molecule has 6 nitrogen and oxygen atoms in total. The van der Waals surface area contributed by atoms with E-state index in [1.165, 1.54) is 6.07 Å². The number of nitrogens with one attached hydrogen (secondary N) is 1. The van der Waals surface area contributed by atoms with E-state index in [1.807, 2.05) is 0 Å². The van der Waals surface area contributed by atoms with Gasteiger partial charge in [-0.2, -0.15) is 4.98 Å². The van der Waals surface area contributed by atoms with Crippen LogP contribution < -0.4 is 9.46 Å². The second-order valence-corrected chi connectivity index (χ2v) is 7.01. The molecule has 0 radical (unpaired) electrons. The number of hydrogen-bond donors (Lipinski definition) is 1.